The van der Waals surface area contributed by atoms with Crippen LogP contribution in [0, 0.1) is 0 Å². The third-order valence-corrected chi connectivity index (χ3v) is 5.22. The highest BCUT2D eigenvalue weighted by Crippen LogP contribution is 2.35. The van der Waals surface area contributed by atoms with Crippen molar-refractivity contribution in [2.75, 3.05) is 46.3 Å². The maximum atomic E-state index is 13.3. The lowest BCUT2D eigenvalue weighted by molar-refractivity contribution is 0.0982. The molecule has 0 saturated carbocycles. The fraction of sp³-hybridized carbons (Fsp3) is 0.300. The van der Waals surface area contributed by atoms with Crippen LogP contribution in [0.5, 0.6) is 11.5 Å². The number of likely N-dealkylation sites (N-methyl/N-ethyl adjacent to an activating group) is 1. The Hall–Kier alpha value is -2.64. The number of anilines is 1. The van der Waals surface area contributed by atoms with E-state index < -0.39 is 0 Å². The molecule has 0 radical (unpaired) electrons. The van der Waals surface area contributed by atoms with Crippen molar-refractivity contribution in [3.8, 4) is 11.5 Å². The molecule has 0 aliphatic heterocycles. The second-order valence-electron chi connectivity index (χ2n) is 6.26. The van der Waals surface area contributed by atoms with Crippen molar-refractivity contribution in [3.05, 3.63) is 48.0 Å². The minimum atomic E-state index is -0.132. The van der Waals surface area contributed by atoms with E-state index in [4.69, 9.17) is 14.5 Å². The fourth-order valence-corrected chi connectivity index (χ4v) is 3.75. The number of ether oxygens (including phenoxy) is 2. The molecular weight excluding hydrogens is 362 g/mol. The highest BCUT2D eigenvalue weighted by Gasteiger charge is 2.24. The summed E-state index contributed by atoms with van der Waals surface area (Å²) in [5.41, 5.74) is 1.28. The van der Waals surface area contributed by atoms with Crippen LogP contribution in [-0.4, -0.2) is 57.2 Å². The Morgan fingerprint density at radius 1 is 1.00 bits per heavy atom. The lowest BCUT2D eigenvalue weighted by Crippen LogP contribution is -2.36. The molecule has 1 aromatic heterocycles. The summed E-state index contributed by atoms with van der Waals surface area (Å²) in [7, 11) is 7.15. The van der Waals surface area contributed by atoms with Gasteiger partial charge in [0.15, 0.2) is 5.13 Å². The van der Waals surface area contributed by atoms with Gasteiger partial charge in [-0.25, -0.2) is 4.98 Å². The van der Waals surface area contributed by atoms with E-state index in [-0.39, 0.29) is 5.91 Å². The molecule has 7 heteroatoms. The van der Waals surface area contributed by atoms with E-state index in [0.717, 1.165) is 10.2 Å². The molecule has 0 bridgehead atoms. The molecule has 142 valence electrons. The third kappa shape index (κ3) is 4.04. The second kappa shape index (κ2) is 8.37. The summed E-state index contributed by atoms with van der Waals surface area (Å²) in [5, 5.41) is 0.646. The van der Waals surface area contributed by atoms with Crippen LogP contribution in [0.25, 0.3) is 10.2 Å². The number of carbonyl (C=O) groups is 1. The fourth-order valence-electron chi connectivity index (χ4n) is 2.74. The topological polar surface area (TPSA) is 54.9 Å². The van der Waals surface area contributed by atoms with E-state index in [1.54, 1.807) is 31.3 Å². The maximum absolute atomic E-state index is 13.3. The Morgan fingerprint density at radius 3 is 2.41 bits per heavy atom. The molecule has 2 aromatic carbocycles. The van der Waals surface area contributed by atoms with Gasteiger partial charge in [-0.2, -0.15) is 0 Å². The summed E-state index contributed by atoms with van der Waals surface area (Å²) in [6, 6.07) is 13.0. The number of amides is 1. The molecule has 6 nitrogen and oxygen atoms in total. The van der Waals surface area contributed by atoms with Gasteiger partial charge in [0.05, 0.1) is 24.5 Å². The van der Waals surface area contributed by atoms with Gasteiger partial charge in [-0.15, -0.1) is 0 Å². The minimum Gasteiger partial charge on any atom is -0.496 e. The van der Waals surface area contributed by atoms with E-state index in [1.807, 2.05) is 49.3 Å². The number of para-hydroxylation sites is 2. The van der Waals surface area contributed by atoms with Crippen molar-refractivity contribution in [1.29, 1.82) is 0 Å². The monoisotopic (exact) mass is 385 g/mol. The summed E-state index contributed by atoms with van der Waals surface area (Å²) < 4.78 is 11.8. The molecule has 3 aromatic rings. The van der Waals surface area contributed by atoms with E-state index in [1.165, 1.54) is 11.3 Å². The molecule has 0 fully saturated rings. The van der Waals surface area contributed by atoms with Crippen LogP contribution in [0.2, 0.25) is 0 Å². The largest absolute Gasteiger partial charge is 0.496 e. The van der Waals surface area contributed by atoms with Gasteiger partial charge in [0, 0.05) is 13.1 Å². The number of rotatable bonds is 7. The Kier molecular flexibility index (Phi) is 5.93. The van der Waals surface area contributed by atoms with Gasteiger partial charge in [-0.05, 0) is 38.4 Å². The Labute approximate surface area is 162 Å². The number of hydrogen-bond acceptors (Lipinski definition) is 6. The first-order chi connectivity index (χ1) is 13.0. The number of aromatic nitrogens is 1. The number of thiazole rings is 1. The van der Waals surface area contributed by atoms with Gasteiger partial charge in [-0.1, -0.05) is 29.5 Å². The second-order valence-corrected chi connectivity index (χ2v) is 7.27. The lowest BCUT2D eigenvalue weighted by atomic mass is 10.1. The average molecular weight is 385 g/mol. The number of hydrogen-bond donors (Lipinski definition) is 0. The number of fused-ring (bicyclic) bond motifs is 1. The number of methoxy groups -OCH3 is 2. The van der Waals surface area contributed by atoms with Crippen LogP contribution in [-0.2, 0) is 0 Å². The highest BCUT2D eigenvalue weighted by molar-refractivity contribution is 7.22. The first-order valence-electron chi connectivity index (χ1n) is 8.58. The average Bonchev–Trinajstić information content (AvgIpc) is 3.11. The zero-order valence-corrected chi connectivity index (χ0v) is 16.7. The minimum absolute atomic E-state index is 0.132. The SMILES string of the molecule is COc1ccccc1C(=O)N(CCN(C)C)c1nc2c(OC)cccc2s1. The zero-order valence-electron chi connectivity index (χ0n) is 15.9. The normalized spacial score (nSPS) is 11.0. The van der Waals surface area contributed by atoms with E-state index >= 15 is 0 Å². The predicted molar refractivity (Wildman–Crippen MR) is 109 cm³/mol. The van der Waals surface area contributed by atoms with Crippen LogP contribution >= 0.6 is 11.3 Å². The molecule has 0 spiro atoms. The van der Waals surface area contributed by atoms with Crippen LogP contribution in [0.15, 0.2) is 42.5 Å². The predicted octanol–water partition coefficient (Wildman–Crippen LogP) is 3.52. The van der Waals surface area contributed by atoms with E-state index in [0.29, 0.717) is 35.3 Å². The van der Waals surface area contributed by atoms with Crippen LogP contribution in [0.1, 0.15) is 10.4 Å². The molecule has 0 aliphatic carbocycles. The third-order valence-electron chi connectivity index (χ3n) is 4.17. The Bertz CT molecular complexity index is 939. The van der Waals surface area contributed by atoms with Crippen molar-refractivity contribution in [3.63, 3.8) is 0 Å². The zero-order chi connectivity index (χ0) is 19.4. The molecule has 0 aliphatic rings. The maximum Gasteiger partial charge on any atom is 0.263 e. The Balaban J connectivity index is 2.04. The summed E-state index contributed by atoms with van der Waals surface area (Å²) in [5.74, 6) is 1.12. The molecule has 3 rings (SSSR count). The summed E-state index contributed by atoms with van der Waals surface area (Å²) in [4.78, 5) is 21.8. The first-order valence-corrected chi connectivity index (χ1v) is 9.40. The molecule has 0 N–H and O–H groups in total. The first kappa shape index (κ1) is 19.1. The Morgan fingerprint density at radius 2 is 1.70 bits per heavy atom. The summed E-state index contributed by atoms with van der Waals surface area (Å²) in [6.45, 7) is 1.24. The molecule has 0 saturated heterocycles. The summed E-state index contributed by atoms with van der Waals surface area (Å²) in [6.07, 6.45) is 0. The standard InChI is InChI=1S/C20H23N3O3S/c1-22(2)12-13-23(19(24)14-8-5-6-9-15(14)25-3)20-21-18-16(26-4)10-7-11-17(18)27-20/h5-11H,12-13H2,1-4H3. The van der Waals surface area contributed by atoms with E-state index in [2.05, 4.69) is 0 Å². The lowest BCUT2D eigenvalue weighted by Gasteiger charge is -2.22. The van der Waals surface area contributed by atoms with Gasteiger partial charge >= 0.3 is 0 Å². The molecule has 0 unspecified atom stereocenters. The van der Waals surface area contributed by atoms with Crippen LogP contribution < -0.4 is 14.4 Å². The van der Waals surface area contributed by atoms with Gasteiger partial charge in [0.2, 0.25) is 0 Å². The van der Waals surface area contributed by atoms with Crippen molar-refractivity contribution >= 4 is 32.6 Å². The van der Waals surface area contributed by atoms with Gasteiger partial charge < -0.3 is 14.4 Å². The molecule has 1 amide bonds. The number of benzene rings is 2. The van der Waals surface area contributed by atoms with Gasteiger partial charge in [-0.3, -0.25) is 9.69 Å². The van der Waals surface area contributed by atoms with Crippen molar-refractivity contribution in [1.82, 2.24) is 9.88 Å². The van der Waals surface area contributed by atoms with Crippen LogP contribution in [0.3, 0.4) is 0 Å². The van der Waals surface area contributed by atoms with Crippen molar-refractivity contribution in [2.24, 2.45) is 0 Å². The number of nitrogens with zero attached hydrogens (tertiary/aromatic N) is 3. The summed E-state index contributed by atoms with van der Waals surface area (Å²) >= 11 is 1.48. The van der Waals surface area contributed by atoms with E-state index in [9.17, 15) is 4.79 Å². The highest BCUT2D eigenvalue weighted by atomic mass is 32.1. The quantitative estimate of drug-likeness (QED) is 0.623. The smallest absolute Gasteiger partial charge is 0.263 e. The molecular formula is C20H23N3O3S. The van der Waals surface area contributed by atoms with Crippen LogP contribution in [0.4, 0.5) is 5.13 Å². The molecule has 27 heavy (non-hydrogen) atoms. The molecule has 0 atom stereocenters. The van der Waals surface area contributed by atoms with Crippen molar-refractivity contribution < 1.29 is 14.3 Å². The van der Waals surface area contributed by atoms with Gasteiger partial charge in [0.1, 0.15) is 17.0 Å². The molecule has 1 heterocycles. The number of carbonyl (C=O) groups excluding carboxylic acids is 1. The van der Waals surface area contributed by atoms with Crippen molar-refractivity contribution in [2.45, 2.75) is 0 Å². The van der Waals surface area contributed by atoms with Gasteiger partial charge in [0.25, 0.3) is 5.91 Å².